The highest BCUT2D eigenvalue weighted by Crippen LogP contribution is 2.23. The molecule has 0 aromatic heterocycles. The summed E-state index contributed by atoms with van der Waals surface area (Å²) >= 11 is 2.84. The van der Waals surface area contributed by atoms with Crippen molar-refractivity contribution in [3.05, 3.63) is 28.2 Å². The predicted octanol–water partition coefficient (Wildman–Crippen LogP) is 1.89. The van der Waals surface area contributed by atoms with E-state index in [1.165, 1.54) is 0 Å². The summed E-state index contributed by atoms with van der Waals surface area (Å²) in [5, 5.41) is 4.84. The first-order valence-electron chi connectivity index (χ1n) is 4.13. The van der Waals surface area contributed by atoms with Crippen LogP contribution < -0.4 is 10.6 Å². The Bertz CT molecular complexity index is 385. The molecule has 1 aromatic carbocycles. The van der Waals surface area contributed by atoms with Gasteiger partial charge in [-0.2, -0.15) is 0 Å². The van der Waals surface area contributed by atoms with E-state index in [0.717, 1.165) is 12.1 Å². The van der Waals surface area contributed by atoms with E-state index in [1.54, 1.807) is 7.05 Å². The summed E-state index contributed by atoms with van der Waals surface area (Å²) in [5.74, 6) is -1.75. The maximum atomic E-state index is 13.2. The molecule has 2 N–H and O–H groups in total. The number of hydrogen-bond acceptors (Lipinski definition) is 2. The first-order chi connectivity index (χ1) is 7.04. The Labute approximate surface area is 94.0 Å². The lowest BCUT2D eigenvalue weighted by Gasteiger charge is -2.06. The Balaban J connectivity index is 2.86. The van der Waals surface area contributed by atoms with Gasteiger partial charge in [0.15, 0.2) is 0 Å². The van der Waals surface area contributed by atoms with Crippen molar-refractivity contribution < 1.29 is 13.6 Å². The van der Waals surface area contributed by atoms with Gasteiger partial charge < -0.3 is 10.6 Å². The molecule has 3 nitrogen and oxygen atoms in total. The Morgan fingerprint density at radius 3 is 2.67 bits per heavy atom. The largest absolute Gasteiger partial charge is 0.322 e. The van der Waals surface area contributed by atoms with E-state index in [2.05, 4.69) is 26.6 Å². The number of hydrogen-bond donors (Lipinski definition) is 2. The van der Waals surface area contributed by atoms with Gasteiger partial charge in [0.05, 0.1) is 16.7 Å². The molecule has 0 unspecified atom stereocenters. The van der Waals surface area contributed by atoms with Crippen LogP contribution in [0, 0.1) is 11.6 Å². The molecule has 1 amide bonds. The van der Waals surface area contributed by atoms with Crippen LogP contribution in [0.25, 0.3) is 0 Å². The summed E-state index contributed by atoms with van der Waals surface area (Å²) in [6.07, 6.45) is 0. The minimum atomic E-state index is -0.687. The van der Waals surface area contributed by atoms with Gasteiger partial charge in [0.2, 0.25) is 5.91 Å². The smallest absolute Gasteiger partial charge is 0.238 e. The molecular weight excluding hydrogens is 270 g/mol. The molecular formula is C9H9BrF2N2O. The lowest BCUT2D eigenvalue weighted by molar-refractivity contribution is -0.115. The second kappa shape index (κ2) is 5.18. The summed E-state index contributed by atoms with van der Waals surface area (Å²) in [7, 11) is 1.58. The van der Waals surface area contributed by atoms with Gasteiger partial charge in [-0.25, -0.2) is 8.78 Å². The monoisotopic (exact) mass is 278 g/mol. The van der Waals surface area contributed by atoms with Crippen LogP contribution in [0.15, 0.2) is 16.6 Å². The van der Waals surface area contributed by atoms with Crippen LogP contribution in [0.3, 0.4) is 0 Å². The average Bonchev–Trinajstić information content (AvgIpc) is 2.14. The van der Waals surface area contributed by atoms with Gasteiger partial charge in [-0.3, -0.25) is 4.79 Å². The third kappa shape index (κ3) is 3.24. The molecule has 0 atom stereocenters. The second-order valence-electron chi connectivity index (χ2n) is 2.82. The van der Waals surface area contributed by atoms with Crippen LogP contribution in [-0.2, 0) is 4.79 Å². The minimum Gasteiger partial charge on any atom is -0.322 e. The van der Waals surface area contributed by atoms with E-state index in [0.29, 0.717) is 0 Å². The number of likely N-dealkylation sites (N-methyl/N-ethyl adjacent to an activating group) is 1. The van der Waals surface area contributed by atoms with Crippen molar-refractivity contribution in [2.24, 2.45) is 0 Å². The minimum absolute atomic E-state index is 0.0200. The highest BCUT2D eigenvalue weighted by molar-refractivity contribution is 9.10. The molecule has 15 heavy (non-hydrogen) atoms. The van der Waals surface area contributed by atoms with Crippen LogP contribution in [0.5, 0.6) is 0 Å². The molecule has 0 aliphatic carbocycles. The zero-order chi connectivity index (χ0) is 11.4. The number of carbonyl (C=O) groups excluding carboxylic acids is 1. The highest BCUT2D eigenvalue weighted by Gasteiger charge is 2.10. The summed E-state index contributed by atoms with van der Waals surface area (Å²) < 4.78 is 26.2. The fourth-order valence-electron chi connectivity index (χ4n) is 0.973. The van der Waals surface area contributed by atoms with E-state index < -0.39 is 17.5 Å². The number of anilines is 1. The first-order valence-corrected chi connectivity index (χ1v) is 4.93. The van der Waals surface area contributed by atoms with Crippen molar-refractivity contribution >= 4 is 27.5 Å². The Morgan fingerprint density at radius 2 is 2.07 bits per heavy atom. The molecule has 0 bridgehead atoms. The van der Waals surface area contributed by atoms with Crippen LogP contribution in [0.1, 0.15) is 0 Å². The molecule has 0 saturated carbocycles. The van der Waals surface area contributed by atoms with Crippen molar-refractivity contribution in [2.75, 3.05) is 18.9 Å². The normalized spacial score (nSPS) is 10.1. The maximum absolute atomic E-state index is 13.2. The van der Waals surface area contributed by atoms with E-state index in [9.17, 15) is 13.6 Å². The summed E-state index contributed by atoms with van der Waals surface area (Å²) in [4.78, 5) is 11.1. The van der Waals surface area contributed by atoms with E-state index in [1.807, 2.05) is 0 Å². The fraction of sp³-hybridized carbons (Fsp3) is 0.222. The molecule has 0 saturated heterocycles. The van der Waals surface area contributed by atoms with E-state index in [4.69, 9.17) is 0 Å². The average molecular weight is 279 g/mol. The zero-order valence-corrected chi connectivity index (χ0v) is 9.49. The molecule has 0 aliphatic heterocycles. The molecule has 82 valence electrons. The van der Waals surface area contributed by atoms with Gasteiger partial charge in [-0.1, -0.05) is 0 Å². The third-order valence-electron chi connectivity index (χ3n) is 1.62. The van der Waals surface area contributed by atoms with Crippen molar-refractivity contribution in [3.8, 4) is 0 Å². The molecule has 1 rings (SSSR count). The van der Waals surface area contributed by atoms with Gasteiger partial charge in [-0.05, 0) is 29.0 Å². The second-order valence-corrected chi connectivity index (χ2v) is 3.68. The quantitative estimate of drug-likeness (QED) is 0.829. The topological polar surface area (TPSA) is 41.1 Å². The molecule has 1 aromatic rings. The van der Waals surface area contributed by atoms with Gasteiger partial charge in [0, 0.05) is 6.07 Å². The molecule has 0 radical (unpaired) electrons. The molecule has 0 fully saturated rings. The van der Waals surface area contributed by atoms with Crippen molar-refractivity contribution in [1.29, 1.82) is 0 Å². The summed E-state index contributed by atoms with van der Waals surface area (Å²) in [6, 6.07) is 1.89. The number of benzene rings is 1. The number of rotatable bonds is 3. The van der Waals surface area contributed by atoms with Crippen molar-refractivity contribution in [3.63, 3.8) is 0 Å². The number of amides is 1. The standard InChI is InChI=1S/C9H9BrF2N2O/c1-13-4-9(15)14-8-3-6(11)5(10)2-7(8)12/h2-3,13H,4H2,1H3,(H,14,15). The molecule has 0 spiro atoms. The fourth-order valence-corrected chi connectivity index (χ4v) is 1.29. The maximum Gasteiger partial charge on any atom is 0.238 e. The molecule has 6 heteroatoms. The van der Waals surface area contributed by atoms with Gasteiger partial charge in [0.25, 0.3) is 0 Å². The highest BCUT2D eigenvalue weighted by atomic mass is 79.9. The van der Waals surface area contributed by atoms with Crippen molar-refractivity contribution in [1.82, 2.24) is 5.32 Å². The van der Waals surface area contributed by atoms with Crippen LogP contribution in [0.4, 0.5) is 14.5 Å². The van der Waals surface area contributed by atoms with Gasteiger partial charge in [0.1, 0.15) is 11.6 Å². The third-order valence-corrected chi connectivity index (χ3v) is 2.23. The summed E-state index contributed by atoms with van der Waals surface area (Å²) in [6.45, 7) is 0.0388. The van der Waals surface area contributed by atoms with Crippen LogP contribution in [-0.4, -0.2) is 19.5 Å². The number of halogens is 3. The SMILES string of the molecule is CNCC(=O)Nc1cc(F)c(Br)cc1F. The lowest BCUT2D eigenvalue weighted by atomic mass is 10.3. The Hall–Kier alpha value is -1.01. The molecule has 0 aliphatic rings. The predicted molar refractivity (Wildman–Crippen MR) is 56.6 cm³/mol. The molecule has 0 heterocycles. The van der Waals surface area contributed by atoms with Crippen LogP contribution >= 0.6 is 15.9 Å². The Morgan fingerprint density at radius 1 is 1.40 bits per heavy atom. The van der Waals surface area contributed by atoms with Gasteiger partial charge >= 0.3 is 0 Å². The lowest BCUT2D eigenvalue weighted by Crippen LogP contribution is -2.25. The number of nitrogens with one attached hydrogen (secondary N) is 2. The van der Waals surface area contributed by atoms with Gasteiger partial charge in [-0.15, -0.1) is 0 Å². The first kappa shape index (κ1) is 12.1. The number of carbonyl (C=O) groups is 1. The van der Waals surface area contributed by atoms with E-state index >= 15 is 0 Å². The van der Waals surface area contributed by atoms with Crippen LogP contribution in [0.2, 0.25) is 0 Å². The zero-order valence-electron chi connectivity index (χ0n) is 7.90. The Kier molecular flexibility index (Phi) is 4.16. The van der Waals surface area contributed by atoms with Crippen molar-refractivity contribution in [2.45, 2.75) is 0 Å². The van der Waals surface area contributed by atoms with E-state index in [-0.39, 0.29) is 16.7 Å². The summed E-state index contributed by atoms with van der Waals surface area (Å²) in [5.41, 5.74) is -0.170.